The first-order valence-corrected chi connectivity index (χ1v) is 8.73. The molecule has 0 saturated carbocycles. The molecule has 1 aliphatic rings. The molecule has 3 aromatic rings. The van der Waals surface area contributed by atoms with E-state index >= 15 is 0 Å². The quantitative estimate of drug-likeness (QED) is 0.673. The number of amidine groups is 1. The summed E-state index contributed by atoms with van der Waals surface area (Å²) in [7, 11) is 0. The molecule has 1 amide bonds. The van der Waals surface area contributed by atoms with Crippen LogP contribution in [0.1, 0.15) is 5.76 Å². The molecular weight excluding hydrogens is 348 g/mol. The van der Waals surface area contributed by atoms with E-state index in [0.717, 1.165) is 23.1 Å². The van der Waals surface area contributed by atoms with Crippen molar-refractivity contribution in [1.82, 2.24) is 5.32 Å². The van der Waals surface area contributed by atoms with Gasteiger partial charge < -0.3 is 14.8 Å². The zero-order chi connectivity index (χ0) is 17.9. The Hall–Kier alpha value is -3.25. The molecule has 0 aliphatic carbocycles. The fraction of sp³-hybridized carbons (Fsp3) is 0. The van der Waals surface area contributed by atoms with Gasteiger partial charge in [0.05, 0.1) is 10.6 Å². The first-order chi connectivity index (χ1) is 12.7. The SMILES string of the molecule is O=C1NC(=Nc2cccc(O)c2)/C(=C/c2ccc(-c3ccccc3)o2)S1. The Labute approximate surface area is 154 Å². The molecule has 5 nitrogen and oxygen atoms in total. The van der Waals surface area contributed by atoms with Gasteiger partial charge in [-0.2, -0.15) is 0 Å². The van der Waals surface area contributed by atoms with Crippen LogP contribution in [-0.2, 0) is 0 Å². The highest BCUT2D eigenvalue weighted by Crippen LogP contribution is 2.31. The van der Waals surface area contributed by atoms with E-state index in [9.17, 15) is 9.90 Å². The van der Waals surface area contributed by atoms with Crippen LogP contribution in [0.15, 0.2) is 81.0 Å². The Balaban J connectivity index is 1.65. The summed E-state index contributed by atoms with van der Waals surface area (Å²) in [6, 6.07) is 20.1. The summed E-state index contributed by atoms with van der Waals surface area (Å²) >= 11 is 1.05. The standard InChI is InChI=1S/C20H14N2O3S/c23-15-8-4-7-14(11-15)21-19-18(26-20(24)22-19)12-16-9-10-17(25-16)13-5-2-1-3-6-13/h1-12,23H,(H,21,22,24)/b18-12-. The van der Waals surface area contributed by atoms with Gasteiger partial charge in [0, 0.05) is 11.6 Å². The minimum atomic E-state index is -0.204. The lowest BCUT2D eigenvalue weighted by atomic mass is 10.2. The van der Waals surface area contributed by atoms with Gasteiger partial charge in [-0.25, -0.2) is 4.99 Å². The van der Waals surface area contributed by atoms with Crippen LogP contribution in [0.4, 0.5) is 10.5 Å². The molecule has 0 spiro atoms. The minimum absolute atomic E-state index is 0.118. The molecule has 0 unspecified atom stereocenters. The van der Waals surface area contributed by atoms with E-state index in [2.05, 4.69) is 10.3 Å². The second-order valence-electron chi connectivity index (χ2n) is 5.57. The van der Waals surface area contributed by atoms with Crippen molar-refractivity contribution in [2.45, 2.75) is 0 Å². The minimum Gasteiger partial charge on any atom is -0.508 e. The Bertz CT molecular complexity index is 1020. The van der Waals surface area contributed by atoms with Crippen molar-refractivity contribution in [3.05, 3.63) is 77.4 Å². The number of carbonyl (C=O) groups excluding carboxylic acids is 1. The number of hydrogen-bond donors (Lipinski definition) is 2. The van der Waals surface area contributed by atoms with Crippen molar-refractivity contribution >= 4 is 34.6 Å². The lowest BCUT2D eigenvalue weighted by molar-refractivity contribution is 0.265. The van der Waals surface area contributed by atoms with E-state index in [1.807, 2.05) is 42.5 Å². The molecule has 1 aliphatic heterocycles. The zero-order valence-electron chi connectivity index (χ0n) is 13.5. The summed E-state index contributed by atoms with van der Waals surface area (Å²) in [5.74, 6) is 1.94. The number of furan rings is 1. The molecule has 0 atom stereocenters. The maximum absolute atomic E-state index is 11.8. The second-order valence-corrected chi connectivity index (χ2v) is 6.59. The molecule has 1 aromatic heterocycles. The molecule has 2 heterocycles. The number of aromatic hydroxyl groups is 1. The Morgan fingerprint density at radius 3 is 2.69 bits per heavy atom. The van der Waals surface area contributed by atoms with E-state index in [0.29, 0.717) is 22.2 Å². The third-order valence-electron chi connectivity index (χ3n) is 3.69. The molecule has 6 heteroatoms. The lowest BCUT2D eigenvalue weighted by Crippen LogP contribution is -2.18. The molecule has 1 saturated heterocycles. The van der Waals surface area contributed by atoms with E-state index in [1.54, 1.807) is 24.3 Å². The van der Waals surface area contributed by atoms with Crippen LogP contribution in [0.3, 0.4) is 0 Å². The maximum Gasteiger partial charge on any atom is 0.289 e. The Kier molecular flexibility index (Phi) is 4.33. The van der Waals surface area contributed by atoms with Crippen LogP contribution in [0.5, 0.6) is 5.75 Å². The topological polar surface area (TPSA) is 74.8 Å². The van der Waals surface area contributed by atoms with Gasteiger partial charge in [0.2, 0.25) is 0 Å². The van der Waals surface area contributed by atoms with Gasteiger partial charge in [0.1, 0.15) is 23.1 Å². The molecule has 0 radical (unpaired) electrons. The highest BCUT2D eigenvalue weighted by atomic mass is 32.2. The third kappa shape index (κ3) is 3.55. The van der Waals surface area contributed by atoms with Gasteiger partial charge in [-0.3, -0.25) is 4.79 Å². The predicted octanol–water partition coefficient (Wildman–Crippen LogP) is 5.18. The summed E-state index contributed by atoms with van der Waals surface area (Å²) in [4.78, 5) is 16.9. The summed E-state index contributed by atoms with van der Waals surface area (Å²) in [6.45, 7) is 0. The number of phenols is 1. The van der Waals surface area contributed by atoms with Gasteiger partial charge in [-0.1, -0.05) is 36.4 Å². The number of carbonyl (C=O) groups is 1. The zero-order valence-corrected chi connectivity index (χ0v) is 14.4. The van der Waals surface area contributed by atoms with Crippen LogP contribution < -0.4 is 5.32 Å². The monoisotopic (exact) mass is 362 g/mol. The predicted molar refractivity (Wildman–Crippen MR) is 103 cm³/mol. The van der Waals surface area contributed by atoms with Crippen molar-refractivity contribution in [2.75, 3.05) is 0 Å². The third-order valence-corrected chi connectivity index (χ3v) is 4.50. The number of rotatable bonds is 3. The van der Waals surface area contributed by atoms with Gasteiger partial charge in [0.25, 0.3) is 5.24 Å². The summed E-state index contributed by atoms with van der Waals surface area (Å²) in [5.41, 5.74) is 1.54. The Morgan fingerprint density at radius 1 is 1.04 bits per heavy atom. The summed E-state index contributed by atoms with van der Waals surface area (Å²) in [6.07, 6.45) is 1.77. The maximum atomic E-state index is 11.8. The van der Waals surface area contributed by atoms with Crippen LogP contribution in [-0.4, -0.2) is 16.2 Å². The number of amides is 1. The van der Waals surface area contributed by atoms with E-state index in [1.165, 1.54) is 6.07 Å². The molecule has 2 aromatic carbocycles. The van der Waals surface area contributed by atoms with Crippen LogP contribution >= 0.6 is 11.8 Å². The van der Waals surface area contributed by atoms with Crippen LogP contribution in [0, 0.1) is 0 Å². The number of hydrogen-bond acceptors (Lipinski definition) is 5. The molecular formula is C20H14N2O3S. The van der Waals surface area contributed by atoms with Crippen molar-refractivity contribution in [2.24, 2.45) is 4.99 Å². The van der Waals surface area contributed by atoms with Gasteiger partial charge in [-0.05, 0) is 42.1 Å². The molecule has 4 rings (SSSR count). The number of aliphatic imine (C=N–C) groups is 1. The number of nitrogens with one attached hydrogen (secondary N) is 1. The van der Waals surface area contributed by atoms with Gasteiger partial charge >= 0.3 is 0 Å². The molecule has 26 heavy (non-hydrogen) atoms. The van der Waals surface area contributed by atoms with Crippen LogP contribution in [0.2, 0.25) is 0 Å². The van der Waals surface area contributed by atoms with Gasteiger partial charge in [0.15, 0.2) is 0 Å². The average molecular weight is 362 g/mol. The first kappa shape index (κ1) is 16.2. The number of thioether (sulfide) groups is 1. The largest absolute Gasteiger partial charge is 0.508 e. The van der Waals surface area contributed by atoms with Crippen LogP contribution in [0.25, 0.3) is 17.4 Å². The molecule has 128 valence electrons. The lowest BCUT2D eigenvalue weighted by Gasteiger charge is -2.00. The first-order valence-electron chi connectivity index (χ1n) is 7.91. The summed E-state index contributed by atoms with van der Waals surface area (Å²) in [5, 5.41) is 12.1. The van der Waals surface area contributed by atoms with Crippen molar-refractivity contribution in [3.63, 3.8) is 0 Å². The fourth-order valence-corrected chi connectivity index (χ4v) is 3.24. The number of phenolic OH excluding ortho intramolecular Hbond substituents is 1. The highest BCUT2D eigenvalue weighted by Gasteiger charge is 2.24. The smallest absolute Gasteiger partial charge is 0.289 e. The number of nitrogens with zero attached hydrogens (tertiary/aromatic N) is 1. The van der Waals surface area contributed by atoms with Crippen molar-refractivity contribution in [3.8, 4) is 17.1 Å². The second kappa shape index (κ2) is 6.93. The van der Waals surface area contributed by atoms with Crippen molar-refractivity contribution < 1.29 is 14.3 Å². The number of benzene rings is 2. The summed E-state index contributed by atoms with van der Waals surface area (Å²) < 4.78 is 5.86. The van der Waals surface area contributed by atoms with Gasteiger partial charge in [-0.15, -0.1) is 0 Å². The Morgan fingerprint density at radius 2 is 1.88 bits per heavy atom. The van der Waals surface area contributed by atoms with E-state index in [-0.39, 0.29) is 11.0 Å². The van der Waals surface area contributed by atoms with E-state index < -0.39 is 0 Å². The fourth-order valence-electron chi connectivity index (χ4n) is 2.52. The molecule has 2 N–H and O–H groups in total. The molecule has 1 fully saturated rings. The van der Waals surface area contributed by atoms with Crippen molar-refractivity contribution in [1.29, 1.82) is 0 Å². The molecule has 0 bridgehead atoms. The van der Waals surface area contributed by atoms with E-state index in [4.69, 9.17) is 4.42 Å². The highest BCUT2D eigenvalue weighted by molar-refractivity contribution is 8.18. The average Bonchev–Trinajstić information content (AvgIpc) is 3.23. The normalized spacial score (nSPS) is 17.0.